The van der Waals surface area contributed by atoms with Crippen LogP contribution in [-0.2, 0) is 0 Å². The van der Waals surface area contributed by atoms with E-state index in [1.54, 1.807) is 0 Å². The number of benzene rings is 1. The molecule has 1 saturated carbocycles. The first-order valence-corrected chi connectivity index (χ1v) is 8.58. The Hall–Kier alpha value is -0.530. The highest BCUT2D eigenvalue weighted by Crippen LogP contribution is 2.42. The third-order valence-corrected chi connectivity index (χ3v) is 4.97. The van der Waals surface area contributed by atoms with Crippen molar-refractivity contribution in [3.05, 3.63) is 34.9 Å². The Morgan fingerprint density at radius 3 is 2.80 bits per heavy atom. The summed E-state index contributed by atoms with van der Waals surface area (Å²) in [6, 6.07) is 8.53. The Morgan fingerprint density at radius 1 is 1.25 bits per heavy atom. The van der Waals surface area contributed by atoms with E-state index in [-0.39, 0.29) is 0 Å². The number of hydrogen-bond acceptors (Lipinski definition) is 1. The monoisotopic (exact) mass is 293 g/mol. The number of halogens is 1. The first kappa shape index (κ1) is 15.9. The molecule has 20 heavy (non-hydrogen) atoms. The number of hydrogen-bond donors (Lipinski definition) is 1. The van der Waals surface area contributed by atoms with Crippen LogP contribution in [0.2, 0.25) is 5.02 Å². The van der Waals surface area contributed by atoms with Crippen LogP contribution in [0.3, 0.4) is 0 Å². The van der Waals surface area contributed by atoms with Crippen LogP contribution in [0.15, 0.2) is 24.3 Å². The Labute approximate surface area is 129 Å². The topological polar surface area (TPSA) is 12.0 Å². The highest BCUT2D eigenvalue weighted by molar-refractivity contribution is 6.30. The van der Waals surface area contributed by atoms with Crippen LogP contribution in [0.5, 0.6) is 0 Å². The predicted molar refractivity (Wildman–Crippen MR) is 88.5 cm³/mol. The van der Waals surface area contributed by atoms with Crippen LogP contribution < -0.4 is 5.32 Å². The average Bonchev–Trinajstić information content (AvgIpc) is 2.46. The van der Waals surface area contributed by atoms with E-state index in [1.807, 2.05) is 6.07 Å². The van der Waals surface area contributed by atoms with Crippen molar-refractivity contribution in [1.29, 1.82) is 0 Å². The summed E-state index contributed by atoms with van der Waals surface area (Å²) in [4.78, 5) is 0. The van der Waals surface area contributed by atoms with E-state index in [4.69, 9.17) is 11.6 Å². The van der Waals surface area contributed by atoms with Gasteiger partial charge in [0.05, 0.1) is 0 Å². The van der Waals surface area contributed by atoms with Gasteiger partial charge in [-0.15, -0.1) is 0 Å². The van der Waals surface area contributed by atoms with E-state index in [0.717, 1.165) is 29.9 Å². The molecule has 0 amide bonds. The molecule has 0 radical (unpaired) electrons. The van der Waals surface area contributed by atoms with Crippen molar-refractivity contribution < 1.29 is 0 Å². The molecule has 0 aliphatic heterocycles. The summed E-state index contributed by atoms with van der Waals surface area (Å²) in [5, 5.41) is 4.42. The number of nitrogens with one attached hydrogen (secondary N) is 1. The van der Waals surface area contributed by atoms with E-state index < -0.39 is 0 Å². The summed E-state index contributed by atoms with van der Waals surface area (Å²) in [6.07, 6.45) is 6.79. The maximum Gasteiger partial charge on any atom is 0.0408 e. The van der Waals surface area contributed by atoms with Gasteiger partial charge in [0.2, 0.25) is 0 Å². The molecular formula is C18H28ClN. The molecule has 3 unspecified atom stereocenters. The van der Waals surface area contributed by atoms with Gasteiger partial charge >= 0.3 is 0 Å². The SMILES string of the molecule is CCCC1CCC(CNCC)C(c2cccc(Cl)c2)C1. The molecule has 1 nitrogen and oxygen atoms in total. The van der Waals surface area contributed by atoms with E-state index >= 15 is 0 Å². The molecular weight excluding hydrogens is 266 g/mol. The van der Waals surface area contributed by atoms with Gasteiger partial charge in [-0.2, -0.15) is 0 Å². The van der Waals surface area contributed by atoms with Crippen molar-refractivity contribution in [3.8, 4) is 0 Å². The zero-order valence-corrected chi connectivity index (χ0v) is 13.6. The Bertz CT molecular complexity index is 404. The maximum absolute atomic E-state index is 6.20. The number of rotatable bonds is 6. The molecule has 1 fully saturated rings. The smallest absolute Gasteiger partial charge is 0.0408 e. The molecule has 0 heterocycles. The minimum absolute atomic E-state index is 0.679. The first-order valence-electron chi connectivity index (χ1n) is 8.20. The molecule has 0 bridgehead atoms. The first-order chi connectivity index (χ1) is 9.74. The molecule has 0 aromatic heterocycles. The van der Waals surface area contributed by atoms with Gasteiger partial charge in [0.25, 0.3) is 0 Å². The summed E-state index contributed by atoms with van der Waals surface area (Å²) >= 11 is 6.20. The predicted octanol–water partition coefficient (Wildman–Crippen LogP) is 5.25. The minimum Gasteiger partial charge on any atom is -0.317 e. The summed E-state index contributed by atoms with van der Waals surface area (Å²) in [6.45, 7) is 6.71. The quantitative estimate of drug-likeness (QED) is 0.755. The maximum atomic E-state index is 6.20. The molecule has 112 valence electrons. The Kier molecular flexibility index (Phi) is 6.38. The fraction of sp³-hybridized carbons (Fsp3) is 0.667. The van der Waals surface area contributed by atoms with Gasteiger partial charge < -0.3 is 5.32 Å². The summed E-state index contributed by atoms with van der Waals surface area (Å²) < 4.78 is 0. The van der Waals surface area contributed by atoms with Crippen molar-refractivity contribution in [2.45, 2.75) is 51.9 Å². The second-order valence-electron chi connectivity index (χ2n) is 6.20. The molecule has 1 N–H and O–H groups in total. The van der Waals surface area contributed by atoms with E-state index in [1.165, 1.54) is 37.7 Å². The van der Waals surface area contributed by atoms with Gasteiger partial charge in [-0.25, -0.2) is 0 Å². The van der Waals surface area contributed by atoms with Crippen LogP contribution >= 0.6 is 11.6 Å². The van der Waals surface area contributed by atoms with Gasteiger partial charge in [-0.3, -0.25) is 0 Å². The lowest BCUT2D eigenvalue weighted by molar-refractivity contribution is 0.221. The van der Waals surface area contributed by atoms with E-state index in [9.17, 15) is 0 Å². The zero-order valence-electron chi connectivity index (χ0n) is 12.9. The lowest BCUT2D eigenvalue weighted by atomic mass is 9.70. The highest BCUT2D eigenvalue weighted by Gasteiger charge is 2.30. The van der Waals surface area contributed by atoms with Gasteiger partial charge in [0, 0.05) is 5.02 Å². The van der Waals surface area contributed by atoms with Crippen molar-refractivity contribution in [3.63, 3.8) is 0 Å². The molecule has 1 aliphatic carbocycles. The van der Waals surface area contributed by atoms with Gasteiger partial charge in [0.1, 0.15) is 0 Å². The molecule has 3 atom stereocenters. The van der Waals surface area contributed by atoms with Crippen molar-refractivity contribution in [2.75, 3.05) is 13.1 Å². The molecule has 2 heteroatoms. The van der Waals surface area contributed by atoms with Crippen molar-refractivity contribution >= 4 is 11.6 Å². The van der Waals surface area contributed by atoms with Crippen LogP contribution in [0, 0.1) is 11.8 Å². The van der Waals surface area contributed by atoms with Crippen LogP contribution in [0.4, 0.5) is 0 Å². The van der Waals surface area contributed by atoms with Gasteiger partial charge in [0.15, 0.2) is 0 Å². The summed E-state index contributed by atoms with van der Waals surface area (Å²) in [5.74, 6) is 2.35. The van der Waals surface area contributed by atoms with Crippen LogP contribution in [-0.4, -0.2) is 13.1 Å². The van der Waals surface area contributed by atoms with E-state index in [0.29, 0.717) is 5.92 Å². The third kappa shape index (κ3) is 4.23. The lowest BCUT2D eigenvalue weighted by Crippen LogP contribution is -2.32. The van der Waals surface area contributed by atoms with Gasteiger partial charge in [-0.1, -0.05) is 56.8 Å². The van der Waals surface area contributed by atoms with Crippen LogP contribution in [0.25, 0.3) is 0 Å². The molecule has 0 spiro atoms. The van der Waals surface area contributed by atoms with Gasteiger partial charge in [-0.05, 0) is 61.4 Å². The molecule has 2 rings (SSSR count). The molecule has 1 aromatic rings. The fourth-order valence-corrected chi connectivity index (χ4v) is 3.91. The molecule has 1 aromatic carbocycles. The van der Waals surface area contributed by atoms with Crippen molar-refractivity contribution in [1.82, 2.24) is 5.32 Å². The van der Waals surface area contributed by atoms with Crippen molar-refractivity contribution in [2.24, 2.45) is 11.8 Å². The third-order valence-electron chi connectivity index (χ3n) is 4.73. The second-order valence-corrected chi connectivity index (χ2v) is 6.63. The molecule has 0 saturated heterocycles. The highest BCUT2D eigenvalue weighted by atomic mass is 35.5. The molecule has 1 aliphatic rings. The Balaban J connectivity index is 2.12. The zero-order chi connectivity index (χ0) is 14.4. The summed E-state index contributed by atoms with van der Waals surface area (Å²) in [5.41, 5.74) is 1.45. The Morgan fingerprint density at radius 2 is 2.10 bits per heavy atom. The minimum atomic E-state index is 0.679. The summed E-state index contributed by atoms with van der Waals surface area (Å²) in [7, 11) is 0. The standard InChI is InChI=1S/C18H28ClN/c1-3-6-14-9-10-16(13-20-4-2)18(11-14)15-7-5-8-17(19)12-15/h5,7-8,12,14,16,18,20H,3-4,6,9-11,13H2,1-2H3. The average molecular weight is 294 g/mol. The fourth-order valence-electron chi connectivity index (χ4n) is 3.71. The lowest BCUT2D eigenvalue weighted by Gasteiger charge is -2.37. The van der Waals surface area contributed by atoms with E-state index in [2.05, 4.69) is 37.4 Å². The second kappa shape index (κ2) is 8.05. The van der Waals surface area contributed by atoms with Crippen LogP contribution in [0.1, 0.15) is 57.4 Å². The largest absolute Gasteiger partial charge is 0.317 e. The normalized spacial score (nSPS) is 26.6.